The van der Waals surface area contributed by atoms with Crippen LogP contribution in [-0.2, 0) is 6.54 Å². The second-order valence-electron chi connectivity index (χ2n) is 5.69. The third-order valence-corrected chi connectivity index (χ3v) is 4.14. The smallest absolute Gasteiger partial charge is 0.151 e. The quantitative estimate of drug-likeness (QED) is 0.907. The van der Waals surface area contributed by atoms with Gasteiger partial charge in [0.05, 0.1) is 11.8 Å². The van der Waals surface area contributed by atoms with Gasteiger partial charge in [-0.25, -0.2) is 4.98 Å². The number of piperidine rings is 1. The minimum Gasteiger partial charge on any atom is -0.393 e. The van der Waals surface area contributed by atoms with Crippen molar-refractivity contribution in [3.63, 3.8) is 0 Å². The van der Waals surface area contributed by atoms with E-state index in [-0.39, 0.29) is 6.10 Å². The number of hydrogen-bond acceptors (Lipinski definition) is 5. The highest BCUT2D eigenvalue weighted by Gasteiger charge is 2.20. The van der Waals surface area contributed by atoms with E-state index in [2.05, 4.69) is 32.3 Å². The summed E-state index contributed by atoms with van der Waals surface area (Å²) in [7, 11) is 0. The van der Waals surface area contributed by atoms with Gasteiger partial charge in [-0.3, -0.25) is 4.98 Å². The fourth-order valence-electron chi connectivity index (χ4n) is 2.76. The molecule has 0 aromatic carbocycles. The molecule has 0 radical (unpaired) electrons. The standard InChI is InChI=1S/C17H22N4O/c1-13-14(4-2-8-18-13)12-20-16-5-3-9-19-17(16)21-10-6-15(22)7-11-21/h2-5,8-9,15,20,22H,6-7,10-12H2,1H3. The molecule has 5 heteroatoms. The van der Waals surface area contributed by atoms with Crippen LogP contribution >= 0.6 is 0 Å². The predicted octanol–water partition coefficient (Wildman–Crippen LogP) is 2.36. The van der Waals surface area contributed by atoms with Crippen molar-refractivity contribution in [3.8, 4) is 0 Å². The second kappa shape index (κ2) is 6.75. The van der Waals surface area contributed by atoms with Crippen molar-refractivity contribution in [3.05, 3.63) is 47.9 Å². The fourth-order valence-corrected chi connectivity index (χ4v) is 2.76. The van der Waals surface area contributed by atoms with E-state index >= 15 is 0 Å². The van der Waals surface area contributed by atoms with E-state index in [0.29, 0.717) is 0 Å². The molecular weight excluding hydrogens is 276 g/mol. The molecular formula is C17H22N4O. The molecule has 0 saturated carbocycles. The van der Waals surface area contributed by atoms with E-state index in [9.17, 15) is 5.11 Å². The highest BCUT2D eigenvalue weighted by atomic mass is 16.3. The lowest BCUT2D eigenvalue weighted by Gasteiger charge is -2.31. The zero-order valence-corrected chi connectivity index (χ0v) is 12.9. The van der Waals surface area contributed by atoms with E-state index in [4.69, 9.17) is 0 Å². The highest BCUT2D eigenvalue weighted by molar-refractivity contribution is 5.65. The first kappa shape index (κ1) is 14.8. The summed E-state index contributed by atoms with van der Waals surface area (Å²) in [6.45, 7) is 4.44. The van der Waals surface area contributed by atoms with E-state index in [1.807, 2.05) is 31.5 Å². The van der Waals surface area contributed by atoms with Crippen LogP contribution < -0.4 is 10.2 Å². The molecule has 5 nitrogen and oxygen atoms in total. The molecule has 1 fully saturated rings. The van der Waals surface area contributed by atoms with Crippen molar-refractivity contribution < 1.29 is 5.11 Å². The van der Waals surface area contributed by atoms with Crippen molar-refractivity contribution >= 4 is 11.5 Å². The Morgan fingerprint density at radius 2 is 1.91 bits per heavy atom. The Bertz CT molecular complexity index is 624. The number of nitrogens with zero attached hydrogens (tertiary/aromatic N) is 3. The summed E-state index contributed by atoms with van der Waals surface area (Å²) in [5.41, 5.74) is 3.26. The van der Waals surface area contributed by atoms with E-state index in [1.165, 1.54) is 5.56 Å². The Balaban J connectivity index is 1.73. The monoisotopic (exact) mass is 298 g/mol. The van der Waals surface area contributed by atoms with Crippen molar-refractivity contribution in [1.29, 1.82) is 0 Å². The van der Waals surface area contributed by atoms with Gasteiger partial charge in [-0.05, 0) is 43.5 Å². The number of nitrogens with one attached hydrogen (secondary N) is 1. The van der Waals surface area contributed by atoms with Gasteiger partial charge in [0.1, 0.15) is 0 Å². The average molecular weight is 298 g/mol. The maximum Gasteiger partial charge on any atom is 0.151 e. The van der Waals surface area contributed by atoms with Crippen molar-refractivity contribution in [2.75, 3.05) is 23.3 Å². The summed E-state index contributed by atoms with van der Waals surface area (Å²) in [5.74, 6) is 0.968. The third kappa shape index (κ3) is 3.36. The number of aliphatic hydroxyl groups is 1. The summed E-state index contributed by atoms with van der Waals surface area (Å²) in [6.07, 6.45) is 5.07. The van der Waals surface area contributed by atoms with Crippen molar-refractivity contribution in [2.45, 2.75) is 32.4 Å². The molecule has 1 aliphatic rings. The number of aliphatic hydroxyl groups excluding tert-OH is 1. The molecule has 0 bridgehead atoms. The Kier molecular flexibility index (Phi) is 4.53. The fraction of sp³-hybridized carbons (Fsp3) is 0.412. The van der Waals surface area contributed by atoms with E-state index in [0.717, 1.165) is 49.7 Å². The van der Waals surface area contributed by atoms with Crippen LogP contribution in [0.4, 0.5) is 11.5 Å². The molecule has 0 unspecified atom stereocenters. The molecule has 0 spiro atoms. The second-order valence-corrected chi connectivity index (χ2v) is 5.69. The molecule has 0 aliphatic carbocycles. The molecule has 2 N–H and O–H groups in total. The molecule has 22 heavy (non-hydrogen) atoms. The van der Waals surface area contributed by atoms with Gasteiger partial charge in [-0.2, -0.15) is 0 Å². The van der Waals surface area contributed by atoms with Crippen LogP contribution in [0.2, 0.25) is 0 Å². The van der Waals surface area contributed by atoms with Crippen LogP contribution in [0.1, 0.15) is 24.1 Å². The maximum absolute atomic E-state index is 9.66. The van der Waals surface area contributed by atoms with Gasteiger partial charge < -0.3 is 15.3 Å². The van der Waals surface area contributed by atoms with Gasteiger partial charge in [-0.15, -0.1) is 0 Å². The molecule has 2 aromatic heterocycles. The SMILES string of the molecule is Cc1ncccc1CNc1cccnc1N1CCC(O)CC1. The van der Waals surface area contributed by atoms with Gasteiger partial charge in [0.15, 0.2) is 5.82 Å². The van der Waals surface area contributed by atoms with Crippen LogP contribution in [0, 0.1) is 6.92 Å². The molecule has 116 valence electrons. The first-order valence-electron chi connectivity index (χ1n) is 7.76. The Morgan fingerprint density at radius 3 is 2.68 bits per heavy atom. The van der Waals surface area contributed by atoms with Gasteiger partial charge in [0, 0.05) is 37.7 Å². The summed E-state index contributed by atoms with van der Waals surface area (Å²) < 4.78 is 0. The summed E-state index contributed by atoms with van der Waals surface area (Å²) in [6, 6.07) is 8.04. The minimum atomic E-state index is -0.172. The molecule has 3 heterocycles. The summed E-state index contributed by atoms with van der Waals surface area (Å²) >= 11 is 0. The van der Waals surface area contributed by atoms with Crippen LogP contribution in [0.25, 0.3) is 0 Å². The average Bonchev–Trinajstić information content (AvgIpc) is 2.55. The number of aromatic nitrogens is 2. The van der Waals surface area contributed by atoms with Crippen LogP contribution in [0.5, 0.6) is 0 Å². The van der Waals surface area contributed by atoms with Crippen LogP contribution in [0.15, 0.2) is 36.7 Å². The van der Waals surface area contributed by atoms with Gasteiger partial charge in [0.2, 0.25) is 0 Å². The first-order valence-corrected chi connectivity index (χ1v) is 7.76. The molecule has 1 aliphatic heterocycles. The Morgan fingerprint density at radius 1 is 1.18 bits per heavy atom. The Hall–Kier alpha value is -2.14. The minimum absolute atomic E-state index is 0.172. The number of hydrogen-bond donors (Lipinski definition) is 2. The Labute approximate surface area is 131 Å². The molecule has 0 atom stereocenters. The van der Waals surface area contributed by atoms with Gasteiger partial charge in [0.25, 0.3) is 0 Å². The molecule has 1 saturated heterocycles. The maximum atomic E-state index is 9.66. The summed E-state index contributed by atoms with van der Waals surface area (Å²) in [4.78, 5) is 11.1. The predicted molar refractivity (Wildman–Crippen MR) is 88.0 cm³/mol. The normalized spacial score (nSPS) is 15.8. The third-order valence-electron chi connectivity index (χ3n) is 4.14. The zero-order chi connectivity index (χ0) is 15.4. The number of rotatable bonds is 4. The van der Waals surface area contributed by atoms with Crippen LogP contribution in [0.3, 0.4) is 0 Å². The van der Waals surface area contributed by atoms with Crippen LogP contribution in [-0.4, -0.2) is 34.3 Å². The van der Waals surface area contributed by atoms with Gasteiger partial charge in [-0.1, -0.05) is 6.07 Å². The lowest BCUT2D eigenvalue weighted by atomic mass is 10.1. The summed E-state index contributed by atoms with van der Waals surface area (Å²) in [5, 5.41) is 13.1. The largest absolute Gasteiger partial charge is 0.393 e. The lowest BCUT2D eigenvalue weighted by molar-refractivity contribution is 0.145. The zero-order valence-electron chi connectivity index (χ0n) is 12.9. The van der Waals surface area contributed by atoms with E-state index in [1.54, 1.807) is 0 Å². The molecule has 2 aromatic rings. The van der Waals surface area contributed by atoms with Gasteiger partial charge >= 0.3 is 0 Å². The topological polar surface area (TPSA) is 61.3 Å². The number of aryl methyl sites for hydroxylation is 1. The first-order chi connectivity index (χ1) is 10.7. The number of anilines is 2. The number of pyridine rings is 2. The molecule has 3 rings (SSSR count). The van der Waals surface area contributed by atoms with Crippen molar-refractivity contribution in [2.24, 2.45) is 0 Å². The molecule has 0 amide bonds. The van der Waals surface area contributed by atoms with Crippen molar-refractivity contribution in [1.82, 2.24) is 9.97 Å². The highest BCUT2D eigenvalue weighted by Crippen LogP contribution is 2.26. The van der Waals surface area contributed by atoms with E-state index < -0.39 is 0 Å². The lowest BCUT2D eigenvalue weighted by Crippen LogP contribution is -2.36.